The smallest absolute Gasteiger partial charge is 0.257 e. The summed E-state index contributed by atoms with van der Waals surface area (Å²) in [5.41, 5.74) is 3.51. The molecular formula is C20H15ClN6O. The fourth-order valence-electron chi connectivity index (χ4n) is 3.05. The van der Waals surface area contributed by atoms with E-state index in [-0.39, 0.29) is 16.5 Å². The average Bonchev–Trinajstić information content (AvgIpc) is 3.27. The van der Waals surface area contributed by atoms with E-state index in [1.807, 2.05) is 31.4 Å². The van der Waals surface area contributed by atoms with Crippen LogP contribution in [0, 0.1) is 18.3 Å². The van der Waals surface area contributed by atoms with Gasteiger partial charge in [-0.3, -0.25) is 9.48 Å². The summed E-state index contributed by atoms with van der Waals surface area (Å²) in [6.07, 6.45) is 5.33. The summed E-state index contributed by atoms with van der Waals surface area (Å²) >= 11 is 6.25. The van der Waals surface area contributed by atoms with Crippen molar-refractivity contribution in [1.82, 2.24) is 19.6 Å². The summed E-state index contributed by atoms with van der Waals surface area (Å²) in [5.74, 6) is -0.369. The van der Waals surface area contributed by atoms with Gasteiger partial charge in [-0.05, 0) is 36.8 Å². The molecule has 2 aromatic heterocycles. The van der Waals surface area contributed by atoms with Crippen molar-refractivity contribution in [3.8, 4) is 11.8 Å². The molecule has 0 fully saturated rings. The largest absolute Gasteiger partial charge is 0.322 e. The lowest BCUT2D eigenvalue weighted by molar-refractivity contribution is 0.102. The normalized spacial score (nSPS) is 10.8. The Kier molecular flexibility index (Phi) is 4.34. The Morgan fingerprint density at radius 2 is 2.04 bits per heavy atom. The number of rotatable bonds is 3. The minimum absolute atomic E-state index is 0.154. The summed E-state index contributed by atoms with van der Waals surface area (Å²) < 4.78 is 3.45. The zero-order chi connectivity index (χ0) is 19.8. The number of nitriles is 1. The molecule has 8 heteroatoms. The number of halogens is 1. The molecule has 0 saturated heterocycles. The first-order valence-electron chi connectivity index (χ1n) is 8.45. The summed E-state index contributed by atoms with van der Waals surface area (Å²) in [4.78, 5) is 12.8. The molecule has 0 saturated carbocycles. The highest BCUT2D eigenvalue weighted by atomic mass is 35.5. The molecule has 1 amide bonds. The van der Waals surface area contributed by atoms with E-state index in [1.165, 1.54) is 0 Å². The van der Waals surface area contributed by atoms with Crippen molar-refractivity contribution >= 4 is 34.1 Å². The van der Waals surface area contributed by atoms with Crippen LogP contribution in [0.2, 0.25) is 5.02 Å². The van der Waals surface area contributed by atoms with Gasteiger partial charge < -0.3 is 5.32 Å². The van der Waals surface area contributed by atoms with Gasteiger partial charge in [-0.25, -0.2) is 4.68 Å². The van der Waals surface area contributed by atoms with Crippen molar-refractivity contribution in [3.05, 3.63) is 70.6 Å². The van der Waals surface area contributed by atoms with Crippen LogP contribution in [0.15, 0.2) is 48.9 Å². The maximum absolute atomic E-state index is 12.8. The molecule has 28 heavy (non-hydrogen) atoms. The summed E-state index contributed by atoms with van der Waals surface area (Å²) in [6.45, 7) is 1.78. The first-order valence-corrected chi connectivity index (χ1v) is 8.83. The van der Waals surface area contributed by atoms with E-state index in [0.29, 0.717) is 16.8 Å². The Bertz CT molecular complexity index is 1260. The lowest BCUT2D eigenvalue weighted by atomic mass is 10.0. The van der Waals surface area contributed by atoms with E-state index in [4.69, 9.17) is 16.9 Å². The third-order valence-corrected chi connectivity index (χ3v) is 4.85. The van der Waals surface area contributed by atoms with Crippen molar-refractivity contribution in [3.63, 3.8) is 0 Å². The zero-order valence-electron chi connectivity index (χ0n) is 15.1. The Morgan fingerprint density at radius 3 is 2.75 bits per heavy atom. The molecule has 2 heterocycles. The maximum Gasteiger partial charge on any atom is 0.257 e. The number of carbonyl (C=O) groups is 1. The van der Waals surface area contributed by atoms with Gasteiger partial charge in [0.15, 0.2) is 0 Å². The first kappa shape index (κ1) is 17.8. The van der Waals surface area contributed by atoms with Crippen molar-refractivity contribution in [2.75, 3.05) is 5.32 Å². The maximum atomic E-state index is 12.8. The molecule has 0 radical (unpaired) electrons. The molecule has 0 atom stereocenters. The molecule has 0 spiro atoms. The van der Waals surface area contributed by atoms with Gasteiger partial charge in [0, 0.05) is 18.1 Å². The third kappa shape index (κ3) is 3.00. The second-order valence-corrected chi connectivity index (χ2v) is 6.77. The lowest BCUT2D eigenvalue weighted by Crippen LogP contribution is -2.14. The van der Waals surface area contributed by atoms with Crippen molar-refractivity contribution < 1.29 is 4.79 Å². The quantitative estimate of drug-likeness (QED) is 0.575. The highest BCUT2D eigenvalue weighted by Gasteiger charge is 2.17. The van der Waals surface area contributed by atoms with Crippen molar-refractivity contribution in [2.24, 2.45) is 7.05 Å². The van der Waals surface area contributed by atoms with Gasteiger partial charge >= 0.3 is 0 Å². The first-order chi connectivity index (χ1) is 13.5. The molecule has 0 aliphatic rings. The molecule has 1 N–H and O–H groups in total. The van der Waals surface area contributed by atoms with E-state index in [9.17, 15) is 4.79 Å². The van der Waals surface area contributed by atoms with E-state index in [2.05, 4.69) is 15.5 Å². The minimum Gasteiger partial charge on any atom is -0.322 e. The highest BCUT2D eigenvalue weighted by Crippen LogP contribution is 2.26. The van der Waals surface area contributed by atoms with Crippen molar-refractivity contribution in [1.29, 1.82) is 5.26 Å². The molecular weight excluding hydrogens is 376 g/mol. The van der Waals surface area contributed by atoms with Gasteiger partial charge in [0.25, 0.3) is 5.91 Å². The van der Waals surface area contributed by atoms with Gasteiger partial charge in [-0.15, -0.1) is 0 Å². The predicted octanol–water partition coefficient (Wildman–Crippen LogP) is 3.84. The number of anilines is 1. The molecule has 4 aromatic rings. The molecule has 0 unspecified atom stereocenters. The SMILES string of the molecule is Cc1ccc(C#N)c(Cl)c1C(=O)Nc1ccc2cnn(-c3cnn(C)c3)c2c1. The van der Waals surface area contributed by atoms with E-state index < -0.39 is 0 Å². The van der Waals surface area contributed by atoms with E-state index >= 15 is 0 Å². The molecule has 0 aliphatic carbocycles. The van der Waals surface area contributed by atoms with Crippen LogP contribution in [-0.2, 0) is 7.05 Å². The highest BCUT2D eigenvalue weighted by molar-refractivity contribution is 6.35. The fourth-order valence-corrected chi connectivity index (χ4v) is 3.39. The van der Waals surface area contributed by atoms with Gasteiger partial charge in [0.1, 0.15) is 11.8 Å². The van der Waals surface area contributed by atoms with Crippen LogP contribution in [0.3, 0.4) is 0 Å². The Balaban J connectivity index is 1.71. The summed E-state index contributed by atoms with van der Waals surface area (Å²) in [6, 6.07) is 10.8. The number of hydrogen-bond acceptors (Lipinski definition) is 4. The second-order valence-electron chi connectivity index (χ2n) is 6.39. The second kappa shape index (κ2) is 6.83. The monoisotopic (exact) mass is 390 g/mol. The predicted molar refractivity (Wildman–Crippen MR) is 107 cm³/mol. The van der Waals surface area contributed by atoms with Gasteiger partial charge in [-0.2, -0.15) is 15.5 Å². The van der Waals surface area contributed by atoms with E-state index in [0.717, 1.165) is 16.6 Å². The Morgan fingerprint density at radius 1 is 1.21 bits per heavy atom. The number of aryl methyl sites for hydroxylation is 2. The molecule has 0 bridgehead atoms. The molecule has 138 valence electrons. The van der Waals surface area contributed by atoms with Crippen molar-refractivity contribution in [2.45, 2.75) is 6.92 Å². The minimum atomic E-state index is -0.369. The topological polar surface area (TPSA) is 88.5 Å². The lowest BCUT2D eigenvalue weighted by Gasteiger charge is -2.11. The number of amides is 1. The van der Waals surface area contributed by atoms with Gasteiger partial charge in [0.05, 0.1) is 40.3 Å². The van der Waals surface area contributed by atoms with Crippen LogP contribution >= 0.6 is 11.6 Å². The van der Waals surface area contributed by atoms with Crippen LogP contribution < -0.4 is 5.32 Å². The molecule has 2 aromatic carbocycles. The zero-order valence-corrected chi connectivity index (χ0v) is 15.9. The number of fused-ring (bicyclic) bond motifs is 1. The standard InChI is InChI=1S/C20H15ClN6O/c1-12-3-4-13(8-22)19(21)18(12)20(28)25-15-6-5-14-9-24-27(17(14)7-15)16-10-23-26(2)11-16/h3-7,9-11H,1-2H3,(H,25,28). The summed E-state index contributed by atoms with van der Waals surface area (Å²) in [5, 5.41) is 21.7. The number of nitrogens with one attached hydrogen (secondary N) is 1. The third-order valence-electron chi connectivity index (χ3n) is 4.46. The van der Waals surface area contributed by atoms with Crippen LogP contribution in [0.4, 0.5) is 5.69 Å². The Hall–Kier alpha value is -3.63. The number of carbonyl (C=O) groups excluding carboxylic acids is 1. The number of nitrogens with zero attached hydrogens (tertiary/aromatic N) is 5. The van der Waals surface area contributed by atoms with Crippen LogP contribution in [0.5, 0.6) is 0 Å². The molecule has 0 aliphatic heterocycles. The molecule has 4 rings (SSSR count). The number of hydrogen-bond donors (Lipinski definition) is 1. The number of aromatic nitrogens is 4. The fraction of sp³-hybridized carbons (Fsp3) is 0.100. The van der Waals surface area contributed by atoms with Crippen LogP contribution in [0.1, 0.15) is 21.5 Å². The van der Waals surface area contributed by atoms with Gasteiger partial charge in [-0.1, -0.05) is 17.7 Å². The van der Waals surface area contributed by atoms with Crippen LogP contribution in [-0.4, -0.2) is 25.5 Å². The average molecular weight is 391 g/mol. The number of benzene rings is 2. The van der Waals surface area contributed by atoms with Gasteiger partial charge in [0.2, 0.25) is 0 Å². The van der Waals surface area contributed by atoms with Crippen LogP contribution in [0.25, 0.3) is 16.6 Å². The van der Waals surface area contributed by atoms with E-state index in [1.54, 1.807) is 46.9 Å². The molecule has 7 nitrogen and oxygen atoms in total. The summed E-state index contributed by atoms with van der Waals surface area (Å²) in [7, 11) is 1.84. The Labute approximate surface area is 165 Å².